The fourth-order valence-corrected chi connectivity index (χ4v) is 2.55. The Morgan fingerprint density at radius 2 is 2.10 bits per heavy atom. The van der Waals surface area contributed by atoms with E-state index in [0.717, 1.165) is 6.07 Å². The first-order chi connectivity index (χ1) is 9.45. The molecule has 0 aliphatic heterocycles. The topological polar surface area (TPSA) is 70.0 Å². The SMILES string of the molecule is COc1ccc(F)cc1C(=O)N(C)[C@@H]1CC[C@@H](O)[C@@H]1O. The molecule has 0 radical (unpaired) electrons. The van der Waals surface area contributed by atoms with E-state index in [2.05, 4.69) is 0 Å². The lowest BCUT2D eigenvalue weighted by atomic mass is 10.1. The van der Waals surface area contributed by atoms with E-state index in [9.17, 15) is 19.4 Å². The quantitative estimate of drug-likeness (QED) is 0.860. The van der Waals surface area contributed by atoms with Crippen LogP contribution in [0.2, 0.25) is 0 Å². The number of likely N-dealkylation sites (N-methyl/N-ethyl adjacent to an activating group) is 1. The fraction of sp³-hybridized carbons (Fsp3) is 0.500. The molecule has 0 spiro atoms. The second-order valence-corrected chi connectivity index (χ2v) is 4.96. The van der Waals surface area contributed by atoms with Crippen LogP contribution in [0.5, 0.6) is 5.75 Å². The first-order valence-electron chi connectivity index (χ1n) is 6.42. The molecule has 1 fully saturated rings. The van der Waals surface area contributed by atoms with Crippen LogP contribution < -0.4 is 4.74 Å². The minimum Gasteiger partial charge on any atom is -0.496 e. The summed E-state index contributed by atoms with van der Waals surface area (Å²) in [4.78, 5) is 13.7. The average molecular weight is 283 g/mol. The van der Waals surface area contributed by atoms with Gasteiger partial charge in [0.25, 0.3) is 5.91 Å². The number of methoxy groups -OCH3 is 1. The highest BCUT2D eigenvalue weighted by Gasteiger charge is 2.38. The molecule has 5 nitrogen and oxygen atoms in total. The van der Waals surface area contributed by atoms with Crippen LogP contribution in [0.1, 0.15) is 23.2 Å². The van der Waals surface area contributed by atoms with E-state index >= 15 is 0 Å². The molecule has 1 amide bonds. The molecule has 1 aromatic carbocycles. The van der Waals surface area contributed by atoms with Crippen LogP contribution >= 0.6 is 0 Å². The van der Waals surface area contributed by atoms with Gasteiger partial charge in [-0.2, -0.15) is 0 Å². The van der Waals surface area contributed by atoms with Crippen molar-refractivity contribution in [1.29, 1.82) is 0 Å². The molecule has 0 heterocycles. The van der Waals surface area contributed by atoms with Gasteiger partial charge in [-0.05, 0) is 31.0 Å². The fourth-order valence-electron chi connectivity index (χ4n) is 2.55. The number of amides is 1. The van der Waals surface area contributed by atoms with E-state index in [-0.39, 0.29) is 11.3 Å². The van der Waals surface area contributed by atoms with Crippen LogP contribution in [0.25, 0.3) is 0 Å². The van der Waals surface area contributed by atoms with E-state index in [1.165, 1.54) is 31.2 Å². The van der Waals surface area contributed by atoms with Crippen LogP contribution in [0.4, 0.5) is 4.39 Å². The lowest BCUT2D eigenvalue weighted by Gasteiger charge is -2.28. The summed E-state index contributed by atoms with van der Waals surface area (Å²) in [5.74, 6) is -0.703. The molecule has 2 rings (SSSR count). The second kappa shape index (κ2) is 5.76. The monoisotopic (exact) mass is 283 g/mol. The number of benzene rings is 1. The molecule has 6 heteroatoms. The summed E-state index contributed by atoms with van der Waals surface area (Å²) in [7, 11) is 2.93. The number of carbonyl (C=O) groups is 1. The number of rotatable bonds is 3. The number of halogens is 1. The summed E-state index contributed by atoms with van der Waals surface area (Å²) < 4.78 is 18.4. The highest BCUT2D eigenvalue weighted by Crippen LogP contribution is 2.27. The number of ether oxygens (including phenoxy) is 1. The van der Waals surface area contributed by atoms with Crippen molar-refractivity contribution in [2.24, 2.45) is 0 Å². The van der Waals surface area contributed by atoms with Crippen molar-refractivity contribution < 1.29 is 24.1 Å². The van der Waals surface area contributed by atoms with E-state index < -0.39 is 30.0 Å². The normalized spacial score (nSPS) is 25.6. The van der Waals surface area contributed by atoms with Gasteiger partial charge in [0, 0.05) is 7.05 Å². The third-order valence-corrected chi connectivity index (χ3v) is 3.76. The van der Waals surface area contributed by atoms with Gasteiger partial charge < -0.3 is 19.8 Å². The largest absolute Gasteiger partial charge is 0.496 e. The summed E-state index contributed by atoms with van der Waals surface area (Å²) in [5.41, 5.74) is 0.101. The molecule has 0 aromatic heterocycles. The van der Waals surface area contributed by atoms with Crippen molar-refractivity contribution in [3.8, 4) is 5.75 Å². The van der Waals surface area contributed by atoms with Crippen LogP contribution in [-0.4, -0.2) is 53.4 Å². The first-order valence-corrected chi connectivity index (χ1v) is 6.42. The van der Waals surface area contributed by atoms with E-state index in [0.29, 0.717) is 12.8 Å². The van der Waals surface area contributed by atoms with Crippen LogP contribution in [0.3, 0.4) is 0 Å². The Morgan fingerprint density at radius 3 is 2.65 bits per heavy atom. The van der Waals surface area contributed by atoms with E-state index in [1.807, 2.05) is 0 Å². The molecule has 1 aliphatic rings. The summed E-state index contributed by atoms with van der Waals surface area (Å²) in [6, 6.07) is 3.22. The highest BCUT2D eigenvalue weighted by atomic mass is 19.1. The number of aliphatic hydroxyl groups excluding tert-OH is 2. The van der Waals surface area contributed by atoms with Gasteiger partial charge in [0.05, 0.1) is 24.8 Å². The molecule has 1 aromatic rings. The Labute approximate surface area is 116 Å². The van der Waals surface area contributed by atoms with E-state index in [4.69, 9.17) is 4.74 Å². The minimum absolute atomic E-state index is 0.101. The number of hydrogen-bond donors (Lipinski definition) is 2. The Kier molecular flexibility index (Phi) is 4.25. The molecule has 0 saturated heterocycles. The molecule has 110 valence electrons. The van der Waals surface area contributed by atoms with Gasteiger partial charge in [0.15, 0.2) is 0 Å². The molecule has 2 N–H and O–H groups in total. The van der Waals surface area contributed by atoms with Gasteiger partial charge >= 0.3 is 0 Å². The molecule has 3 atom stereocenters. The minimum atomic E-state index is -0.983. The number of carbonyl (C=O) groups excluding carboxylic acids is 1. The zero-order chi connectivity index (χ0) is 14.9. The lowest BCUT2D eigenvalue weighted by molar-refractivity contribution is 0.00649. The zero-order valence-corrected chi connectivity index (χ0v) is 11.4. The number of nitrogens with zero attached hydrogens (tertiary/aromatic N) is 1. The third kappa shape index (κ3) is 2.62. The van der Waals surface area contributed by atoms with Gasteiger partial charge in [-0.1, -0.05) is 0 Å². The number of hydrogen-bond acceptors (Lipinski definition) is 4. The Balaban J connectivity index is 2.25. The highest BCUT2D eigenvalue weighted by molar-refractivity contribution is 5.97. The molecular formula is C14H18FNO4. The molecule has 0 unspecified atom stereocenters. The summed E-state index contributed by atoms with van der Waals surface area (Å²) in [5, 5.41) is 19.4. The summed E-state index contributed by atoms with van der Waals surface area (Å²) in [6.45, 7) is 0. The Morgan fingerprint density at radius 1 is 1.40 bits per heavy atom. The first kappa shape index (κ1) is 14.7. The molecule has 1 aliphatic carbocycles. The van der Waals surface area contributed by atoms with Gasteiger partial charge in [0.1, 0.15) is 17.7 Å². The maximum atomic E-state index is 13.3. The van der Waals surface area contributed by atoms with Crippen molar-refractivity contribution in [3.05, 3.63) is 29.6 Å². The molecule has 0 bridgehead atoms. The zero-order valence-electron chi connectivity index (χ0n) is 11.4. The van der Waals surface area contributed by atoms with Crippen molar-refractivity contribution in [2.75, 3.05) is 14.2 Å². The van der Waals surface area contributed by atoms with Gasteiger partial charge in [-0.15, -0.1) is 0 Å². The Hall–Kier alpha value is -1.66. The van der Waals surface area contributed by atoms with Crippen molar-refractivity contribution in [2.45, 2.75) is 31.1 Å². The van der Waals surface area contributed by atoms with Crippen LogP contribution in [0, 0.1) is 5.82 Å². The Bertz CT molecular complexity index is 508. The van der Waals surface area contributed by atoms with Gasteiger partial charge in [0.2, 0.25) is 0 Å². The van der Waals surface area contributed by atoms with Gasteiger partial charge in [-0.3, -0.25) is 4.79 Å². The maximum absolute atomic E-state index is 13.3. The molecular weight excluding hydrogens is 265 g/mol. The predicted octanol–water partition coefficient (Wildman–Crippen LogP) is 0.790. The average Bonchev–Trinajstić information content (AvgIpc) is 2.77. The predicted molar refractivity (Wildman–Crippen MR) is 70.1 cm³/mol. The molecule has 1 saturated carbocycles. The lowest BCUT2D eigenvalue weighted by Crippen LogP contribution is -2.44. The summed E-state index contributed by atoms with van der Waals surface area (Å²) >= 11 is 0. The molecule has 20 heavy (non-hydrogen) atoms. The standard InChI is InChI=1S/C14H18FNO4/c1-16(10-4-5-11(17)13(10)18)14(19)9-7-8(15)3-6-12(9)20-2/h3,6-7,10-11,13,17-18H,4-5H2,1-2H3/t10-,11-,13-/m1/s1. The van der Waals surface area contributed by atoms with E-state index in [1.54, 1.807) is 0 Å². The number of aliphatic hydroxyl groups is 2. The van der Waals surface area contributed by atoms with Crippen molar-refractivity contribution in [1.82, 2.24) is 4.90 Å². The van der Waals surface area contributed by atoms with Gasteiger partial charge in [-0.25, -0.2) is 4.39 Å². The smallest absolute Gasteiger partial charge is 0.257 e. The summed E-state index contributed by atoms with van der Waals surface area (Å²) in [6.07, 6.45) is -0.875. The third-order valence-electron chi connectivity index (χ3n) is 3.76. The van der Waals surface area contributed by atoms with Crippen LogP contribution in [-0.2, 0) is 0 Å². The van der Waals surface area contributed by atoms with Crippen molar-refractivity contribution >= 4 is 5.91 Å². The van der Waals surface area contributed by atoms with Crippen LogP contribution in [0.15, 0.2) is 18.2 Å². The second-order valence-electron chi connectivity index (χ2n) is 4.96. The maximum Gasteiger partial charge on any atom is 0.257 e. The van der Waals surface area contributed by atoms with Crippen molar-refractivity contribution in [3.63, 3.8) is 0 Å².